The van der Waals surface area contributed by atoms with Crippen LogP contribution in [-0.4, -0.2) is 21.3 Å². The largest absolute Gasteiger partial charge is 0.497 e. The summed E-state index contributed by atoms with van der Waals surface area (Å²) >= 11 is 3.72. The first kappa shape index (κ1) is 14.7. The number of alkyl halides is 1. The highest BCUT2D eigenvalue weighted by Crippen LogP contribution is 2.37. The Kier molecular flexibility index (Phi) is 4.90. The van der Waals surface area contributed by atoms with Gasteiger partial charge in [-0.3, -0.25) is 0 Å². The quantitative estimate of drug-likeness (QED) is 0.766. The Morgan fingerprint density at radius 1 is 0.800 bits per heavy atom. The Morgan fingerprint density at radius 2 is 1.50 bits per heavy atom. The van der Waals surface area contributed by atoms with E-state index in [0.717, 1.165) is 28.4 Å². The lowest BCUT2D eigenvalue weighted by Gasteiger charge is -2.14. The first-order valence-corrected chi connectivity index (χ1v) is 7.11. The molecule has 0 aliphatic rings. The molecular weight excluding hydrogens is 320 g/mol. The molecule has 0 heterocycles. The van der Waals surface area contributed by atoms with Crippen molar-refractivity contribution in [3.8, 4) is 17.2 Å². The molecule has 0 radical (unpaired) electrons. The van der Waals surface area contributed by atoms with Gasteiger partial charge in [-0.25, -0.2) is 0 Å². The number of benzene rings is 2. The minimum atomic E-state index is 0.0670. The van der Waals surface area contributed by atoms with Crippen LogP contribution in [0.5, 0.6) is 17.2 Å². The molecule has 0 aromatic heterocycles. The predicted octanol–water partition coefficient (Wildman–Crippen LogP) is 4.20. The molecule has 0 aliphatic heterocycles. The summed E-state index contributed by atoms with van der Waals surface area (Å²) in [5, 5.41) is 0. The van der Waals surface area contributed by atoms with Crippen molar-refractivity contribution in [3.05, 3.63) is 53.6 Å². The van der Waals surface area contributed by atoms with Crippen molar-refractivity contribution >= 4 is 15.9 Å². The minimum Gasteiger partial charge on any atom is -0.497 e. The summed E-state index contributed by atoms with van der Waals surface area (Å²) in [6.07, 6.45) is 0. The summed E-state index contributed by atoms with van der Waals surface area (Å²) in [6, 6.07) is 13.9. The minimum absolute atomic E-state index is 0.0670. The van der Waals surface area contributed by atoms with Crippen molar-refractivity contribution < 1.29 is 14.2 Å². The lowest BCUT2D eigenvalue weighted by Crippen LogP contribution is -1.96. The molecule has 1 unspecified atom stereocenters. The molecule has 3 nitrogen and oxygen atoms in total. The molecule has 0 saturated heterocycles. The van der Waals surface area contributed by atoms with E-state index in [4.69, 9.17) is 14.2 Å². The molecule has 0 N–H and O–H groups in total. The second-order valence-electron chi connectivity index (χ2n) is 4.25. The van der Waals surface area contributed by atoms with Crippen LogP contribution in [0.2, 0.25) is 0 Å². The maximum atomic E-state index is 5.34. The number of ether oxygens (including phenoxy) is 3. The summed E-state index contributed by atoms with van der Waals surface area (Å²) in [5.41, 5.74) is 2.22. The van der Waals surface area contributed by atoms with Gasteiger partial charge in [0.05, 0.1) is 26.2 Å². The number of hydrogen-bond acceptors (Lipinski definition) is 3. The molecule has 0 bridgehead atoms. The molecule has 1 atom stereocenters. The van der Waals surface area contributed by atoms with Crippen molar-refractivity contribution in [1.82, 2.24) is 0 Å². The highest BCUT2D eigenvalue weighted by molar-refractivity contribution is 9.09. The number of methoxy groups -OCH3 is 3. The Bertz CT molecular complexity index is 584. The van der Waals surface area contributed by atoms with Crippen molar-refractivity contribution in [1.29, 1.82) is 0 Å². The van der Waals surface area contributed by atoms with E-state index in [2.05, 4.69) is 22.0 Å². The van der Waals surface area contributed by atoms with E-state index in [1.807, 2.05) is 36.4 Å². The van der Waals surface area contributed by atoms with Gasteiger partial charge in [0.25, 0.3) is 0 Å². The number of halogens is 1. The zero-order chi connectivity index (χ0) is 14.5. The zero-order valence-electron chi connectivity index (χ0n) is 11.7. The highest BCUT2D eigenvalue weighted by Gasteiger charge is 2.14. The van der Waals surface area contributed by atoms with Gasteiger partial charge < -0.3 is 14.2 Å². The van der Waals surface area contributed by atoms with Crippen LogP contribution in [0.4, 0.5) is 0 Å². The summed E-state index contributed by atoms with van der Waals surface area (Å²) in [6.45, 7) is 0. The van der Waals surface area contributed by atoms with Crippen LogP contribution >= 0.6 is 15.9 Å². The van der Waals surface area contributed by atoms with Gasteiger partial charge in [0.15, 0.2) is 11.5 Å². The average Bonchev–Trinajstić information content (AvgIpc) is 2.53. The van der Waals surface area contributed by atoms with Gasteiger partial charge in [0, 0.05) is 0 Å². The number of rotatable bonds is 5. The van der Waals surface area contributed by atoms with Gasteiger partial charge in [-0.15, -0.1) is 0 Å². The van der Waals surface area contributed by atoms with Crippen LogP contribution in [-0.2, 0) is 0 Å². The first-order valence-electron chi connectivity index (χ1n) is 6.19. The second kappa shape index (κ2) is 6.66. The maximum Gasteiger partial charge on any atom is 0.161 e. The molecule has 2 aromatic rings. The van der Waals surface area contributed by atoms with E-state index >= 15 is 0 Å². The Hall–Kier alpha value is -1.68. The lowest BCUT2D eigenvalue weighted by molar-refractivity contribution is 0.354. The Morgan fingerprint density at radius 3 is 2.15 bits per heavy atom. The van der Waals surface area contributed by atoms with Gasteiger partial charge >= 0.3 is 0 Å². The second-order valence-corrected chi connectivity index (χ2v) is 5.17. The van der Waals surface area contributed by atoms with E-state index in [0.29, 0.717) is 0 Å². The Labute approximate surface area is 127 Å². The Balaban J connectivity index is 2.34. The van der Waals surface area contributed by atoms with Crippen LogP contribution in [0.3, 0.4) is 0 Å². The lowest BCUT2D eigenvalue weighted by atomic mass is 10.0. The standard InChI is InChI=1S/C16H17BrO3/c1-18-13-6-4-5-11(9-13)16(17)12-7-8-14(19-2)15(10-12)20-3/h4-10,16H,1-3H3. The molecule has 20 heavy (non-hydrogen) atoms. The smallest absolute Gasteiger partial charge is 0.161 e. The summed E-state index contributed by atoms with van der Waals surface area (Å²) in [4.78, 5) is 0.0670. The van der Waals surface area contributed by atoms with Crippen LogP contribution in [0, 0.1) is 0 Å². The van der Waals surface area contributed by atoms with Crippen molar-refractivity contribution in [2.45, 2.75) is 4.83 Å². The fourth-order valence-electron chi connectivity index (χ4n) is 2.00. The maximum absolute atomic E-state index is 5.34. The third-order valence-corrected chi connectivity index (χ3v) is 4.14. The molecule has 4 heteroatoms. The van der Waals surface area contributed by atoms with Crippen LogP contribution in [0.1, 0.15) is 16.0 Å². The summed E-state index contributed by atoms with van der Waals surface area (Å²) in [5.74, 6) is 2.28. The fourth-order valence-corrected chi connectivity index (χ4v) is 2.57. The molecule has 0 fully saturated rings. The van der Waals surface area contributed by atoms with Crippen LogP contribution < -0.4 is 14.2 Å². The highest BCUT2D eigenvalue weighted by atomic mass is 79.9. The molecule has 2 aromatic carbocycles. The first-order chi connectivity index (χ1) is 9.69. The average molecular weight is 337 g/mol. The predicted molar refractivity (Wildman–Crippen MR) is 83.3 cm³/mol. The van der Waals surface area contributed by atoms with Crippen molar-refractivity contribution in [3.63, 3.8) is 0 Å². The van der Waals surface area contributed by atoms with Gasteiger partial charge in [0.1, 0.15) is 5.75 Å². The molecule has 106 valence electrons. The topological polar surface area (TPSA) is 27.7 Å². The zero-order valence-corrected chi connectivity index (χ0v) is 13.3. The van der Waals surface area contributed by atoms with Gasteiger partial charge in [-0.1, -0.05) is 34.1 Å². The summed E-state index contributed by atoms with van der Waals surface area (Å²) in [7, 11) is 4.93. The monoisotopic (exact) mass is 336 g/mol. The molecule has 0 amide bonds. The van der Waals surface area contributed by atoms with Crippen LogP contribution in [0.15, 0.2) is 42.5 Å². The normalized spacial score (nSPS) is 11.8. The number of hydrogen-bond donors (Lipinski definition) is 0. The summed E-state index contributed by atoms with van der Waals surface area (Å²) < 4.78 is 15.8. The fraction of sp³-hybridized carbons (Fsp3) is 0.250. The van der Waals surface area contributed by atoms with E-state index in [9.17, 15) is 0 Å². The van der Waals surface area contributed by atoms with E-state index in [-0.39, 0.29) is 4.83 Å². The molecule has 0 saturated carbocycles. The molecule has 0 spiro atoms. The van der Waals surface area contributed by atoms with Crippen molar-refractivity contribution in [2.75, 3.05) is 21.3 Å². The van der Waals surface area contributed by atoms with E-state index < -0.39 is 0 Å². The molecule has 2 rings (SSSR count). The van der Waals surface area contributed by atoms with Crippen LogP contribution in [0.25, 0.3) is 0 Å². The third-order valence-electron chi connectivity index (χ3n) is 3.09. The van der Waals surface area contributed by atoms with Crippen molar-refractivity contribution in [2.24, 2.45) is 0 Å². The van der Waals surface area contributed by atoms with Gasteiger partial charge in [-0.2, -0.15) is 0 Å². The molecular formula is C16H17BrO3. The molecule has 0 aliphatic carbocycles. The van der Waals surface area contributed by atoms with Gasteiger partial charge in [-0.05, 0) is 35.4 Å². The third kappa shape index (κ3) is 3.07. The SMILES string of the molecule is COc1cccc(C(Br)c2ccc(OC)c(OC)c2)c1. The van der Waals surface area contributed by atoms with E-state index in [1.165, 1.54) is 0 Å². The van der Waals surface area contributed by atoms with Gasteiger partial charge in [0.2, 0.25) is 0 Å². The van der Waals surface area contributed by atoms with E-state index in [1.54, 1.807) is 21.3 Å².